The van der Waals surface area contributed by atoms with Crippen molar-refractivity contribution in [3.8, 4) is 0 Å². The summed E-state index contributed by atoms with van der Waals surface area (Å²) >= 11 is 7.36. The van der Waals surface area contributed by atoms with Crippen LogP contribution >= 0.6 is 22.9 Å². The monoisotopic (exact) mass is 377 g/mol. The first-order valence-electron chi connectivity index (χ1n) is 7.57. The fraction of sp³-hybridized carbons (Fsp3) is 0.235. The van der Waals surface area contributed by atoms with E-state index in [9.17, 15) is 9.59 Å². The summed E-state index contributed by atoms with van der Waals surface area (Å²) in [5.74, 6) is -1.10. The third-order valence-corrected chi connectivity index (χ3v) is 4.82. The summed E-state index contributed by atoms with van der Waals surface area (Å²) in [5, 5.41) is 4.65. The first-order chi connectivity index (χ1) is 11.9. The molecule has 1 atom stereocenters. The number of carbonyl (C=O) groups excluding carboxylic acids is 2. The van der Waals surface area contributed by atoms with Crippen molar-refractivity contribution in [1.82, 2.24) is 9.38 Å². The van der Waals surface area contributed by atoms with Gasteiger partial charge in [-0.05, 0) is 31.9 Å². The van der Waals surface area contributed by atoms with Crippen LogP contribution in [0, 0.1) is 13.8 Å². The second-order valence-corrected chi connectivity index (χ2v) is 6.84. The Kier molecular flexibility index (Phi) is 4.78. The maximum atomic E-state index is 12.4. The van der Waals surface area contributed by atoms with Crippen LogP contribution in [0.15, 0.2) is 29.8 Å². The Morgan fingerprint density at radius 2 is 2.00 bits per heavy atom. The van der Waals surface area contributed by atoms with Gasteiger partial charge in [0, 0.05) is 17.3 Å². The van der Waals surface area contributed by atoms with Crippen molar-refractivity contribution in [3.63, 3.8) is 0 Å². The van der Waals surface area contributed by atoms with Crippen molar-refractivity contribution in [2.45, 2.75) is 26.9 Å². The van der Waals surface area contributed by atoms with E-state index in [0.717, 1.165) is 16.8 Å². The van der Waals surface area contributed by atoms with Crippen LogP contribution in [0.5, 0.6) is 0 Å². The summed E-state index contributed by atoms with van der Waals surface area (Å²) in [5.41, 5.74) is 2.71. The number of carbonyl (C=O) groups is 2. The number of benzene rings is 1. The summed E-state index contributed by atoms with van der Waals surface area (Å²) in [6.07, 6.45) is 0.698. The van der Waals surface area contributed by atoms with Gasteiger partial charge < -0.3 is 10.1 Å². The summed E-state index contributed by atoms with van der Waals surface area (Å²) in [7, 11) is 0. The van der Waals surface area contributed by atoms with Gasteiger partial charge in [0.15, 0.2) is 21.9 Å². The molecule has 1 aromatic carbocycles. The molecule has 1 amide bonds. The van der Waals surface area contributed by atoms with Crippen molar-refractivity contribution in [3.05, 3.63) is 51.7 Å². The SMILES string of the molecule is Cc1cccc(C)c1NC(=O)[C@@H](C)OC(=O)c1c(Cl)nc2sccn12. The minimum Gasteiger partial charge on any atom is -0.448 e. The van der Waals surface area contributed by atoms with Gasteiger partial charge in [-0.1, -0.05) is 29.8 Å². The van der Waals surface area contributed by atoms with Crippen LogP contribution in [0.1, 0.15) is 28.5 Å². The smallest absolute Gasteiger partial charge is 0.359 e. The van der Waals surface area contributed by atoms with Crippen LogP contribution in [0.4, 0.5) is 5.69 Å². The van der Waals surface area contributed by atoms with Gasteiger partial charge in [0.2, 0.25) is 0 Å². The molecular formula is C17H16ClN3O3S. The van der Waals surface area contributed by atoms with Crippen molar-refractivity contribution in [2.75, 3.05) is 5.32 Å². The largest absolute Gasteiger partial charge is 0.448 e. The topological polar surface area (TPSA) is 72.7 Å². The van der Waals surface area contributed by atoms with Gasteiger partial charge in [0.05, 0.1) is 0 Å². The summed E-state index contributed by atoms with van der Waals surface area (Å²) in [4.78, 5) is 29.4. The third-order valence-electron chi connectivity index (χ3n) is 3.80. The molecule has 0 aliphatic rings. The zero-order chi connectivity index (χ0) is 18.1. The van der Waals surface area contributed by atoms with Gasteiger partial charge in [-0.3, -0.25) is 9.20 Å². The van der Waals surface area contributed by atoms with E-state index in [0.29, 0.717) is 4.96 Å². The Bertz CT molecular complexity index is 943. The summed E-state index contributed by atoms with van der Waals surface area (Å²) < 4.78 is 6.82. The second-order valence-electron chi connectivity index (χ2n) is 5.61. The Hall–Kier alpha value is -2.38. The van der Waals surface area contributed by atoms with Crippen LogP contribution in [0.25, 0.3) is 4.96 Å². The molecule has 3 rings (SSSR count). The average Bonchev–Trinajstić information content (AvgIpc) is 3.10. The third kappa shape index (κ3) is 3.38. The van der Waals surface area contributed by atoms with E-state index in [1.165, 1.54) is 18.3 Å². The molecule has 1 N–H and O–H groups in total. The van der Waals surface area contributed by atoms with Gasteiger partial charge in [-0.2, -0.15) is 0 Å². The number of aromatic nitrogens is 2. The Morgan fingerprint density at radius 3 is 2.68 bits per heavy atom. The first kappa shape index (κ1) is 17.4. The maximum absolute atomic E-state index is 12.4. The fourth-order valence-electron chi connectivity index (χ4n) is 2.45. The molecule has 0 bridgehead atoms. The highest BCUT2D eigenvalue weighted by Crippen LogP contribution is 2.23. The lowest BCUT2D eigenvalue weighted by atomic mass is 10.1. The van der Waals surface area contributed by atoms with E-state index < -0.39 is 18.0 Å². The number of fused-ring (bicyclic) bond motifs is 1. The fourth-order valence-corrected chi connectivity index (χ4v) is 3.46. The Balaban J connectivity index is 1.74. The highest BCUT2D eigenvalue weighted by Gasteiger charge is 2.25. The first-order valence-corrected chi connectivity index (χ1v) is 8.83. The number of aryl methyl sites for hydroxylation is 2. The minimum absolute atomic E-state index is 0.0548. The number of thiazole rings is 1. The van der Waals surface area contributed by atoms with Crippen LogP contribution in [0.3, 0.4) is 0 Å². The minimum atomic E-state index is -0.980. The number of anilines is 1. The predicted molar refractivity (Wildman–Crippen MR) is 97.5 cm³/mol. The Labute approximate surface area is 153 Å². The average molecular weight is 378 g/mol. The highest BCUT2D eigenvalue weighted by molar-refractivity contribution is 7.15. The van der Waals surface area contributed by atoms with Crippen molar-refractivity contribution >= 4 is 45.5 Å². The zero-order valence-electron chi connectivity index (χ0n) is 13.9. The molecular weight excluding hydrogens is 362 g/mol. The number of rotatable bonds is 4. The number of halogens is 1. The number of ether oxygens (including phenoxy) is 1. The molecule has 0 saturated heterocycles. The molecule has 3 aromatic rings. The molecule has 0 unspecified atom stereocenters. The molecule has 8 heteroatoms. The lowest BCUT2D eigenvalue weighted by molar-refractivity contribution is -0.123. The molecule has 0 saturated carbocycles. The maximum Gasteiger partial charge on any atom is 0.359 e. The van der Waals surface area contributed by atoms with Gasteiger partial charge in [-0.25, -0.2) is 9.78 Å². The molecule has 2 heterocycles. The van der Waals surface area contributed by atoms with Crippen molar-refractivity contribution in [1.29, 1.82) is 0 Å². The molecule has 6 nitrogen and oxygen atoms in total. The van der Waals surface area contributed by atoms with Crippen LogP contribution in [0.2, 0.25) is 5.15 Å². The van der Waals surface area contributed by atoms with E-state index in [-0.39, 0.29) is 10.8 Å². The number of hydrogen-bond acceptors (Lipinski definition) is 5. The molecule has 0 fully saturated rings. The quantitative estimate of drug-likeness (QED) is 0.701. The van der Waals surface area contributed by atoms with E-state index in [1.807, 2.05) is 32.0 Å². The van der Waals surface area contributed by atoms with Crippen molar-refractivity contribution < 1.29 is 14.3 Å². The summed E-state index contributed by atoms with van der Waals surface area (Å²) in [6, 6.07) is 5.72. The highest BCUT2D eigenvalue weighted by atomic mass is 35.5. The Morgan fingerprint density at radius 1 is 1.32 bits per heavy atom. The van der Waals surface area contributed by atoms with E-state index >= 15 is 0 Å². The van der Waals surface area contributed by atoms with Crippen LogP contribution in [-0.4, -0.2) is 27.4 Å². The van der Waals surface area contributed by atoms with E-state index in [2.05, 4.69) is 10.3 Å². The molecule has 0 aliphatic heterocycles. The second kappa shape index (κ2) is 6.85. The van der Waals surface area contributed by atoms with Gasteiger partial charge in [0.1, 0.15) is 0 Å². The molecule has 0 spiro atoms. The van der Waals surface area contributed by atoms with Gasteiger partial charge >= 0.3 is 5.97 Å². The molecule has 130 valence electrons. The van der Waals surface area contributed by atoms with Crippen LogP contribution in [-0.2, 0) is 9.53 Å². The van der Waals surface area contributed by atoms with Gasteiger partial charge in [-0.15, -0.1) is 11.3 Å². The number of nitrogens with zero attached hydrogens (tertiary/aromatic N) is 2. The van der Waals surface area contributed by atoms with Crippen molar-refractivity contribution in [2.24, 2.45) is 0 Å². The number of nitrogens with one attached hydrogen (secondary N) is 1. The van der Waals surface area contributed by atoms with Crippen LogP contribution < -0.4 is 5.32 Å². The molecule has 0 aliphatic carbocycles. The van der Waals surface area contributed by atoms with Gasteiger partial charge in [0.25, 0.3) is 5.91 Å². The molecule has 25 heavy (non-hydrogen) atoms. The van der Waals surface area contributed by atoms with E-state index in [4.69, 9.17) is 16.3 Å². The lowest BCUT2D eigenvalue weighted by Crippen LogP contribution is -2.30. The molecule has 2 aromatic heterocycles. The number of esters is 1. The molecule has 0 radical (unpaired) electrons. The standard InChI is InChI=1S/C17H16ClN3O3S/c1-9-5-4-6-10(2)12(9)19-15(22)11(3)24-16(23)13-14(18)20-17-21(13)7-8-25-17/h4-8,11H,1-3H3,(H,19,22)/t11-/m1/s1. The zero-order valence-corrected chi connectivity index (χ0v) is 15.4. The number of amides is 1. The number of hydrogen-bond donors (Lipinski definition) is 1. The lowest BCUT2D eigenvalue weighted by Gasteiger charge is -2.16. The summed E-state index contributed by atoms with van der Waals surface area (Å²) in [6.45, 7) is 5.32. The number of para-hydroxylation sites is 1. The predicted octanol–water partition coefficient (Wildman–Crippen LogP) is 3.85. The normalized spacial score (nSPS) is 12.2. The number of imidazole rings is 1. The van der Waals surface area contributed by atoms with E-state index in [1.54, 1.807) is 16.0 Å².